The van der Waals surface area contributed by atoms with Crippen LogP contribution in [0, 0.1) is 0 Å². The standard InChI is InChI=1S/C8H14N2OS/c1-8(2,3)10-7(11)6-4-9-5-12-6/h5-6H,4H2,1-3H3,(H,10,11). The summed E-state index contributed by atoms with van der Waals surface area (Å²) in [6, 6.07) is 0. The van der Waals surface area contributed by atoms with Crippen LogP contribution >= 0.6 is 11.8 Å². The first-order valence-electron chi connectivity index (χ1n) is 3.95. The number of thioether (sulfide) groups is 1. The lowest BCUT2D eigenvalue weighted by Crippen LogP contribution is -2.45. The molecule has 0 radical (unpaired) electrons. The van der Waals surface area contributed by atoms with E-state index in [0.717, 1.165) is 0 Å². The highest BCUT2D eigenvalue weighted by Gasteiger charge is 2.24. The molecule has 0 aromatic rings. The number of rotatable bonds is 1. The van der Waals surface area contributed by atoms with Crippen LogP contribution in [0.5, 0.6) is 0 Å². The Bertz CT molecular complexity index is 200. The van der Waals surface area contributed by atoms with E-state index in [1.54, 1.807) is 5.55 Å². The molecule has 1 N–H and O–H groups in total. The van der Waals surface area contributed by atoms with E-state index in [9.17, 15) is 4.79 Å². The van der Waals surface area contributed by atoms with Crippen molar-refractivity contribution in [2.75, 3.05) is 6.54 Å². The minimum atomic E-state index is -0.139. The molecule has 0 saturated carbocycles. The number of carbonyl (C=O) groups is 1. The van der Waals surface area contributed by atoms with Gasteiger partial charge in [-0.05, 0) is 20.8 Å². The van der Waals surface area contributed by atoms with E-state index in [0.29, 0.717) is 6.54 Å². The smallest absolute Gasteiger partial charge is 0.235 e. The SMILES string of the molecule is CC(C)(C)NC(=O)C1CN=CS1. The van der Waals surface area contributed by atoms with Gasteiger partial charge in [0, 0.05) is 5.54 Å². The molecule has 0 saturated heterocycles. The molecule has 0 aromatic heterocycles. The summed E-state index contributed by atoms with van der Waals surface area (Å²) in [5, 5.41) is 2.91. The van der Waals surface area contributed by atoms with Gasteiger partial charge in [-0.1, -0.05) is 11.8 Å². The van der Waals surface area contributed by atoms with Crippen LogP contribution in [0.25, 0.3) is 0 Å². The number of hydrogen-bond donors (Lipinski definition) is 1. The maximum Gasteiger partial charge on any atom is 0.235 e. The van der Waals surface area contributed by atoms with E-state index in [1.807, 2.05) is 20.8 Å². The summed E-state index contributed by atoms with van der Waals surface area (Å²) in [7, 11) is 0. The molecule has 1 atom stereocenters. The molecular weight excluding hydrogens is 172 g/mol. The Balaban J connectivity index is 2.39. The first kappa shape index (κ1) is 9.58. The fourth-order valence-corrected chi connectivity index (χ4v) is 1.57. The van der Waals surface area contributed by atoms with Gasteiger partial charge in [0.2, 0.25) is 5.91 Å². The van der Waals surface area contributed by atoms with Crippen molar-refractivity contribution in [3.05, 3.63) is 0 Å². The van der Waals surface area contributed by atoms with E-state index in [-0.39, 0.29) is 16.7 Å². The summed E-state index contributed by atoms with van der Waals surface area (Å²) in [5.74, 6) is 0.0880. The van der Waals surface area contributed by atoms with Crippen LogP contribution in [0.4, 0.5) is 0 Å². The predicted molar refractivity (Wildman–Crippen MR) is 52.6 cm³/mol. The summed E-state index contributed by atoms with van der Waals surface area (Å²) in [6.45, 7) is 6.55. The number of aliphatic imine (C=N–C) groups is 1. The molecule has 0 spiro atoms. The van der Waals surface area contributed by atoms with E-state index in [2.05, 4.69) is 10.3 Å². The van der Waals surface area contributed by atoms with Crippen LogP contribution in [0.2, 0.25) is 0 Å². The number of nitrogens with zero attached hydrogens (tertiary/aromatic N) is 1. The molecule has 0 bridgehead atoms. The Labute approximate surface area is 77.0 Å². The maximum absolute atomic E-state index is 11.4. The first-order chi connectivity index (χ1) is 5.49. The second kappa shape index (κ2) is 3.47. The van der Waals surface area contributed by atoms with Crippen LogP contribution in [0.3, 0.4) is 0 Å². The molecule has 1 amide bonds. The number of carbonyl (C=O) groups excluding carboxylic acids is 1. The van der Waals surface area contributed by atoms with Crippen LogP contribution in [-0.4, -0.2) is 28.8 Å². The van der Waals surface area contributed by atoms with Crippen molar-refractivity contribution < 1.29 is 4.79 Å². The third-order valence-corrected chi connectivity index (χ3v) is 2.32. The second-order valence-corrected chi connectivity index (χ2v) is 4.89. The number of amides is 1. The molecule has 12 heavy (non-hydrogen) atoms. The second-order valence-electron chi connectivity index (χ2n) is 3.83. The summed E-state index contributed by atoms with van der Waals surface area (Å²) in [6.07, 6.45) is 0. The van der Waals surface area contributed by atoms with Crippen LogP contribution in [0.15, 0.2) is 4.99 Å². The lowest BCUT2D eigenvalue weighted by Gasteiger charge is -2.22. The summed E-state index contributed by atoms with van der Waals surface area (Å²) in [4.78, 5) is 15.4. The highest BCUT2D eigenvalue weighted by molar-refractivity contribution is 8.13. The van der Waals surface area contributed by atoms with Gasteiger partial charge in [-0.25, -0.2) is 0 Å². The lowest BCUT2D eigenvalue weighted by atomic mass is 10.1. The third-order valence-electron chi connectivity index (χ3n) is 1.36. The molecular formula is C8H14N2OS. The Morgan fingerprint density at radius 3 is 2.75 bits per heavy atom. The van der Waals surface area contributed by atoms with Gasteiger partial charge in [-0.2, -0.15) is 0 Å². The fourth-order valence-electron chi connectivity index (χ4n) is 0.893. The molecule has 68 valence electrons. The molecule has 4 heteroatoms. The lowest BCUT2D eigenvalue weighted by molar-refractivity contribution is -0.121. The van der Waals surface area contributed by atoms with Gasteiger partial charge in [0.05, 0.1) is 12.1 Å². The van der Waals surface area contributed by atoms with Gasteiger partial charge in [-0.3, -0.25) is 9.79 Å². The highest BCUT2D eigenvalue weighted by Crippen LogP contribution is 2.15. The fraction of sp³-hybridized carbons (Fsp3) is 0.750. The van der Waals surface area contributed by atoms with Crippen molar-refractivity contribution in [2.24, 2.45) is 4.99 Å². The zero-order valence-electron chi connectivity index (χ0n) is 7.63. The summed E-state index contributed by atoms with van der Waals surface area (Å²) < 4.78 is 0. The molecule has 1 unspecified atom stereocenters. The Hall–Kier alpha value is -0.510. The normalized spacial score (nSPS) is 22.8. The highest BCUT2D eigenvalue weighted by atomic mass is 32.2. The molecule has 1 heterocycles. The molecule has 3 nitrogen and oxygen atoms in total. The van der Waals surface area contributed by atoms with Crippen LogP contribution < -0.4 is 5.32 Å². The van der Waals surface area contributed by atoms with Crippen molar-refractivity contribution >= 4 is 23.2 Å². The molecule has 0 aromatic carbocycles. The number of nitrogens with one attached hydrogen (secondary N) is 1. The van der Waals surface area contributed by atoms with Gasteiger partial charge < -0.3 is 5.32 Å². The van der Waals surface area contributed by atoms with E-state index in [1.165, 1.54) is 11.8 Å². The van der Waals surface area contributed by atoms with E-state index >= 15 is 0 Å². The van der Waals surface area contributed by atoms with Gasteiger partial charge in [0.25, 0.3) is 0 Å². The van der Waals surface area contributed by atoms with Crippen LogP contribution in [-0.2, 0) is 4.79 Å². The number of hydrogen-bond acceptors (Lipinski definition) is 3. The monoisotopic (exact) mass is 186 g/mol. The van der Waals surface area contributed by atoms with E-state index < -0.39 is 0 Å². The Morgan fingerprint density at radius 2 is 2.33 bits per heavy atom. The predicted octanol–water partition coefficient (Wildman–Crippen LogP) is 1.04. The average Bonchev–Trinajstić information content (AvgIpc) is 2.32. The largest absolute Gasteiger partial charge is 0.350 e. The summed E-state index contributed by atoms with van der Waals surface area (Å²) >= 11 is 1.49. The van der Waals surface area contributed by atoms with Gasteiger partial charge >= 0.3 is 0 Å². The van der Waals surface area contributed by atoms with Gasteiger partial charge in [0.1, 0.15) is 5.25 Å². The Morgan fingerprint density at radius 1 is 1.67 bits per heavy atom. The van der Waals surface area contributed by atoms with Crippen LogP contribution in [0.1, 0.15) is 20.8 Å². The third kappa shape index (κ3) is 2.85. The zero-order chi connectivity index (χ0) is 9.19. The van der Waals surface area contributed by atoms with Crippen molar-refractivity contribution in [2.45, 2.75) is 31.6 Å². The molecule has 1 aliphatic heterocycles. The van der Waals surface area contributed by atoms with Crippen molar-refractivity contribution in [3.8, 4) is 0 Å². The topological polar surface area (TPSA) is 41.5 Å². The van der Waals surface area contributed by atoms with E-state index in [4.69, 9.17) is 0 Å². The molecule has 1 rings (SSSR count). The average molecular weight is 186 g/mol. The minimum Gasteiger partial charge on any atom is -0.350 e. The van der Waals surface area contributed by atoms with Gasteiger partial charge in [0.15, 0.2) is 0 Å². The zero-order valence-corrected chi connectivity index (χ0v) is 8.44. The van der Waals surface area contributed by atoms with Crippen molar-refractivity contribution in [3.63, 3.8) is 0 Å². The molecule has 0 aliphatic carbocycles. The molecule has 0 fully saturated rings. The quantitative estimate of drug-likeness (QED) is 0.665. The van der Waals surface area contributed by atoms with Crippen molar-refractivity contribution in [1.82, 2.24) is 5.32 Å². The Kier molecular flexibility index (Phi) is 2.77. The minimum absolute atomic E-state index is 0.00998. The first-order valence-corrected chi connectivity index (χ1v) is 4.89. The van der Waals surface area contributed by atoms with Gasteiger partial charge in [-0.15, -0.1) is 0 Å². The van der Waals surface area contributed by atoms with Crippen molar-refractivity contribution in [1.29, 1.82) is 0 Å². The maximum atomic E-state index is 11.4. The summed E-state index contributed by atoms with van der Waals surface area (Å²) in [5.41, 5.74) is 1.60. The molecule has 1 aliphatic rings.